The van der Waals surface area contributed by atoms with Crippen LogP contribution in [0.5, 0.6) is 5.75 Å². The molecule has 1 atom stereocenters. The van der Waals surface area contributed by atoms with Crippen molar-refractivity contribution < 1.29 is 23.4 Å². The number of aromatic hydroxyl groups is 1. The number of rotatable bonds is 1. The van der Waals surface area contributed by atoms with Crippen LogP contribution in [0.2, 0.25) is 0 Å². The molecule has 84 valence electrons. The fourth-order valence-electron chi connectivity index (χ4n) is 1.08. The lowest BCUT2D eigenvalue weighted by Gasteiger charge is -2.13. The van der Waals surface area contributed by atoms with Gasteiger partial charge in [-0.25, -0.2) is 0 Å². The van der Waals surface area contributed by atoms with Crippen LogP contribution in [-0.2, 0) is 6.18 Å². The Hall–Kier alpha value is -0.750. The van der Waals surface area contributed by atoms with Crippen LogP contribution in [-0.4, -0.2) is 10.2 Å². The van der Waals surface area contributed by atoms with Crippen LogP contribution in [0.15, 0.2) is 16.6 Å². The van der Waals surface area contributed by atoms with Gasteiger partial charge in [-0.3, -0.25) is 0 Å². The van der Waals surface area contributed by atoms with Gasteiger partial charge in [0.25, 0.3) is 0 Å². The van der Waals surface area contributed by atoms with Crippen LogP contribution in [0.3, 0.4) is 0 Å². The summed E-state index contributed by atoms with van der Waals surface area (Å²) < 4.78 is 37.1. The highest BCUT2D eigenvalue weighted by Crippen LogP contribution is 2.41. The van der Waals surface area contributed by atoms with E-state index in [1.807, 2.05) is 0 Å². The molecule has 1 unspecified atom stereocenters. The molecular formula is C9H8BrF3O2. The van der Waals surface area contributed by atoms with Crippen molar-refractivity contribution in [2.45, 2.75) is 19.2 Å². The van der Waals surface area contributed by atoms with Gasteiger partial charge in [0, 0.05) is 0 Å². The molecule has 0 saturated carbocycles. The number of phenolic OH excluding ortho intramolecular Hbond substituents is 1. The van der Waals surface area contributed by atoms with Crippen LogP contribution in [0, 0.1) is 0 Å². The molecule has 1 rings (SSSR count). The Morgan fingerprint density at radius 2 is 1.87 bits per heavy atom. The zero-order valence-electron chi connectivity index (χ0n) is 7.64. The van der Waals surface area contributed by atoms with E-state index < -0.39 is 23.6 Å². The molecule has 2 N–H and O–H groups in total. The first kappa shape index (κ1) is 12.3. The number of aliphatic hydroxyl groups excluding tert-OH is 1. The molecular weight excluding hydrogens is 277 g/mol. The first-order chi connectivity index (χ1) is 6.73. The van der Waals surface area contributed by atoms with Gasteiger partial charge in [0.15, 0.2) is 0 Å². The molecule has 0 aromatic heterocycles. The Morgan fingerprint density at radius 3 is 2.27 bits per heavy atom. The van der Waals surface area contributed by atoms with Gasteiger partial charge in [-0.2, -0.15) is 13.2 Å². The molecule has 6 heteroatoms. The number of phenols is 1. The predicted molar refractivity (Wildman–Crippen MR) is 51.4 cm³/mol. The molecule has 2 nitrogen and oxygen atoms in total. The molecule has 0 saturated heterocycles. The van der Waals surface area contributed by atoms with Crippen molar-refractivity contribution >= 4 is 15.9 Å². The van der Waals surface area contributed by atoms with Crippen molar-refractivity contribution in [1.82, 2.24) is 0 Å². The largest absolute Gasteiger partial charge is 0.506 e. The number of hydrogen-bond acceptors (Lipinski definition) is 2. The number of alkyl halides is 3. The van der Waals surface area contributed by atoms with Crippen molar-refractivity contribution in [3.8, 4) is 5.75 Å². The summed E-state index contributed by atoms with van der Waals surface area (Å²) in [5, 5.41) is 18.4. The van der Waals surface area contributed by atoms with Gasteiger partial charge in [0.2, 0.25) is 0 Å². The van der Waals surface area contributed by atoms with Gasteiger partial charge in [0.1, 0.15) is 5.75 Å². The van der Waals surface area contributed by atoms with Crippen molar-refractivity contribution in [1.29, 1.82) is 0 Å². The molecule has 1 aromatic carbocycles. The van der Waals surface area contributed by atoms with E-state index in [0.29, 0.717) is 0 Å². The third kappa shape index (κ3) is 2.63. The van der Waals surface area contributed by atoms with Crippen LogP contribution in [0.4, 0.5) is 13.2 Å². The molecule has 0 bridgehead atoms. The monoisotopic (exact) mass is 284 g/mol. The first-order valence-electron chi connectivity index (χ1n) is 4.01. The van der Waals surface area contributed by atoms with Crippen LogP contribution >= 0.6 is 15.9 Å². The highest BCUT2D eigenvalue weighted by molar-refractivity contribution is 9.10. The van der Waals surface area contributed by atoms with E-state index in [9.17, 15) is 18.3 Å². The average Bonchev–Trinajstić information content (AvgIpc) is 2.06. The standard InChI is InChI=1S/C9H8BrF3O2/c1-4(14)5-2-6(9(11,12)13)8(15)7(10)3-5/h2-4,14-15H,1H3. The lowest BCUT2D eigenvalue weighted by Crippen LogP contribution is -2.07. The van der Waals surface area contributed by atoms with Crippen molar-refractivity contribution in [3.63, 3.8) is 0 Å². The minimum absolute atomic E-state index is 0.0896. The van der Waals surface area contributed by atoms with E-state index in [4.69, 9.17) is 5.11 Å². The fraction of sp³-hybridized carbons (Fsp3) is 0.333. The molecule has 15 heavy (non-hydrogen) atoms. The zero-order chi connectivity index (χ0) is 11.8. The second kappa shape index (κ2) is 4.02. The molecule has 0 fully saturated rings. The molecule has 0 aliphatic carbocycles. The van der Waals surface area contributed by atoms with Gasteiger partial charge < -0.3 is 10.2 Å². The summed E-state index contributed by atoms with van der Waals surface area (Å²) in [6.07, 6.45) is -5.67. The van der Waals surface area contributed by atoms with Crippen LogP contribution in [0.1, 0.15) is 24.2 Å². The fourth-order valence-corrected chi connectivity index (χ4v) is 1.56. The van der Waals surface area contributed by atoms with Gasteiger partial charge >= 0.3 is 6.18 Å². The van der Waals surface area contributed by atoms with E-state index in [-0.39, 0.29) is 10.0 Å². The maximum absolute atomic E-state index is 12.4. The topological polar surface area (TPSA) is 40.5 Å². The SMILES string of the molecule is CC(O)c1cc(Br)c(O)c(C(F)(F)F)c1. The minimum Gasteiger partial charge on any atom is -0.506 e. The second-order valence-corrected chi connectivity index (χ2v) is 3.93. The maximum atomic E-state index is 12.4. The summed E-state index contributed by atoms with van der Waals surface area (Å²) >= 11 is 2.80. The van der Waals surface area contributed by atoms with E-state index in [1.54, 1.807) is 0 Å². The van der Waals surface area contributed by atoms with Crippen molar-refractivity contribution in [2.75, 3.05) is 0 Å². The van der Waals surface area contributed by atoms with E-state index in [0.717, 1.165) is 6.07 Å². The van der Waals surface area contributed by atoms with Gasteiger partial charge in [-0.1, -0.05) is 0 Å². The van der Waals surface area contributed by atoms with Crippen molar-refractivity contribution in [2.24, 2.45) is 0 Å². The van der Waals surface area contributed by atoms with E-state index >= 15 is 0 Å². The maximum Gasteiger partial charge on any atom is 0.420 e. The Bertz CT molecular complexity index is 374. The van der Waals surface area contributed by atoms with Gasteiger partial charge in [0.05, 0.1) is 16.1 Å². The first-order valence-corrected chi connectivity index (χ1v) is 4.80. The summed E-state index contributed by atoms with van der Waals surface area (Å²) in [5.74, 6) is -0.869. The van der Waals surface area contributed by atoms with Crippen molar-refractivity contribution in [3.05, 3.63) is 27.7 Å². The van der Waals surface area contributed by atoms with Gasteiger partial charge in [-0.15, -0.1) is 0 Å². The Labute approximate surface area is 92.5 Å². The number of halogens is 4. The zero-order valence-corrected chi connectivity index (χ0v) is 9.22. The molecule has 0 aliphatic rings. The summed E-state index contributed by atoms with van der Waals surface area (Å²) in [5.41, 5.74) is -1.07. The van der Waals surface area contributed by atoms with E-state index in [2.05, 4.69) is 15.9 Å². The molecule has 0 heterocycles. The van der Waals surface area contributed by atoms with Gasteiger partial charge in [-0.05, 0) is 40.5 Å². The number of aliphatic hydroxyl groups is 1. The molecule has 0 spiro atoms. The van der Waals surface area contributed by atoms with E-state index in [1.165, 1.54) is 13.0 Å². The van der Waals surface area contributed by atoms with Crippen LogP contribution < -0.4 is 0 Å². The Morgan fingerprint density at radius 1 is 1.33 bits per heavy atom. The summed E-state index contributed by atoms with van der Waals surface area (Å²) in [6, 6.07) is 1.97. The second-order valence-electron chi connectivity index (χ2n) is 3.07. The predicted octanol–water partition coefficient (Wildman–Crippen LogP) is 3.23. The average molecular weight is 285 g/mol. The molecule has 0 radical (unpaired) electrons. The minimum atomic E-state index is -4.64. The number of hydrogen-bond donors (Lipinski definition) is 2. The Kier molecular flexibility index (Phi) is 3.30. The Balaban J connectivity index is 3.38. The number of benzene rings is 1. The quantitative estimate of drug-likeness (QED) is 0.831. The summed E-state index contributed by atoms with van der Waals surface area (Å²) in [4.78, 5) is 0. The summed E-state index contributed by atoms with van der Waals surface area (Å²) in [7, 11) is 0. The smallest absolute Gasteiger partial charge is 0.420 e. The lowest BCUT2D eigenvalue weighted by atomic mass is 10.1. The molecule has 0 amide bonds. The highest BCUT2D eigenvalue weighted by Gasteiger charge is 2.35. The summed E-state index contributed by atoms with van der Waals surface area (Å²) in [6.45, 7) is 1.35. The highest BCUT2D eigenvalue weighted by atomic mass is 79.9. The van der Waals surface area contributed by atoms with Crippen LogP contribution in [0.25, 0.3) is 0 Å². The molecule has 1 aromatic rings. The molecule has 0 aliphatic heterocycles. The lowest BCUT2D eigenvalue weighted by molar-refractivity contribution is -0.138. The third-order valence-corrected chi connectivity index (χ3v) is 2.48. The normalized spacial score (nSPS) is 14.0. The third-order valence-electron chi connectivity index (χ3n) is 1.87.